The van der Waals surface area contributed by atoms with Crippen LogP contribution in [-0.2, 0) is 58.8 Å². The Morgan fingerprint density at radius 3 is 1.32 bits per heavy atom. The number of hydrogen-bond acceptors (Lipinski definition) is 12. The second kappa shape index (κ2) is 13.0. The van der Waals surface area contributed by atoms with Crippen LogP contribution in [0.2, 0.25) is 0 Å². The molecule has 2 aliphatic heterocycles. The van der Waals surface area contributed by atoms with Gasteiger partial charge in [-0.25, -0.2) is 29.2 Å². The Balaban J connectivity index is 1.63. The summed E-state index contributed by atoms with van der Waals surface area (Å²) >= 11 is 0. The lowest BCUT2D eigenvalue weighted by atomic mass is 9.70. The van der Waals surface area contributed by atoms with Gasteiger partial charge >= 0.3 is 23.9 Å². The molecule has 0 radical (unpaired) electrons. The van der Waals surface area contributed by atoms with E-state index >= 15 is 0 Å². The van der Waals surface area contributed by atoms with Gasteiger partial charge in [0, 0.05) is 11.1 Å². The van der Waals surface area contributed by atoms with Gasteiger partial charge in [-0.05, 0) is 36.5 Å². The number of methoxy groups -OCH3 is 4. The third kappa shape index (κ3) is 4.78. The first-order valence-electron chi connectivity index (χ1n) is 17.2. The highest BCUT2D eigenvalue weighted by Gasteiger charge is 2.77. The molecule has 2 aromatic rings. The molecule has 12 heteroatoms. The molecule has 0 aromatic heterocycles. The Labute approximate surface area is 289 Å². The first kappa shape index (κ1) is 33.5. The molecule has 5 aliphatic rings. The number of carbonyl (C=O) groups is 4. The lowest BCUT2D eigenvalue weighted by Gasteiger charge is -2.42. The van der Waals surface area contributed by atoms with Gasteiger partial charge in [0.25, 0.3) is 0 Å². The summed E-state index contributed by atoms with van der Waals surface area (Å²) in [6.07, 6.45) is 8.84. The van der Waals surface area contributed by atoms with Gasteiger partial charge in [-0.2, -0.15) is 0 Å². The van der Waals surface area contributed by atoms with E-state index in [2.05, 4.69) is 0 Å². The minimum atomic E-state index is -2.15. The van der Waals surface area contributed by atoms with Crippen LogP contribution < -0.4 is 0 Å². The van der Waals surface area contributed by atoms with E-state index in [0.717, 1.165) is 69.6 Å². The first-order chi connectivity index (χ1) is 24.3. The minimum Gasteiger partial charge on any atom is -0.466 e. The topological polar surface area (TPSA) is 148 Å². The van der Waals surface area contributed by atoms with Crippen molar-refractivity contribution in [3.05, 3.63) is 69.8 Å². The molecule has 7 rings (SSSR count). The van der Waals surface area contributed by atoms with Crippen LogP contribution in [0.4, 0.5) is 0 Å². The zero-order valence-electron chi connectivity index (χ0n) is 28.7. The Hall–Kier alpha value is -5.00. The summed E-state index contributed by atoms with van der Waals surface area (Å²) in [5, 5.41) is 1.32. The van der Waals surface area contributed by atoms with Crippen LogP contribution >= 0.6 is 0 Å². The maximum absolute atomic E-state index is 14.3. The lowest BCUT2D eigenvalue weighted by molar-refractivity contribution is -0.149. The molecule has 3 aliphatic carbocycles. The van der Waals surface area contributed by atoms with Crippen molar-refractivity contribution in [3.63, 3.8) is 0 Å². The summed E-state index contributed by atoms with van der Waals surface area (Å²) in [5.41, 5.74) is -4.57. The smallest absolute Gasteiger partial charge is 0.344 e. The average molecular weight is 685 g/mol. The van der Waals surface area contributed by atoms with E-state index in [1.165, 1.54) is 28.4 Å². The van der Waals surface area contributed by atoms with Gasteiger partial charge in [-0.1, -0.05) is 74.9 Å². The molecule has 2 spiro atoms. The van der Waals surface area contributed by atoms with Gasteiger partial charge in [0.1, 0.15) is 22.3 Å². The number of nitrogens with zero attached hydrogens (tertiary/aromatic N) is 2. The summed E-state index contributed by atoms with van der Waals surface area (Å²) in [6.45, 7) is 0. The average Bonchev–Trinajstić information content (AvgIpc) is 3.75. The van der Waals surface area contributed by atoms with Crippen molar-refractivity contribution < 1.29 is 47.6 Å². The Morgan fingerprint density at radius 2 is 0.960 bits per heavy atom. The van der Waals surface area contributed by atoms with Crippen molar-refractivity contribution in [2.24, 2.45) is 9.98 Å². The third-order valence-electron chi connectivity index (χ3n) is 10.6. The molecule has 262 valence electrons. The number of fused-ring (bicyclic) bond motifs is 3. The van der Waals surface area contributed by atoms with Crippen molar-refractivity contribution in [2.75, 3.05) is 28.4 Å². The van der Waals surface area contributed by atoms with Crippen LogP contribution in [0.25, 0.3) is 10.8 Å². The standard InChI is InChI=1S/C38H40N2O10/c1-45-33(41)27-29(35(43)47-3)37(49-31(27)39-22-15-7-5-8-16-22)24-19-11-13-21-14-12-20-25(26(21)24)38(37)30(36(44)48-4)28(34(42)46-2)32(50-38)40-23-17-9-6-10-18-23/h11-14,19-20,22-23H,5-10,15-18H2,1-4H3/t37-,38-/m0/s1. The van der Waals surface area contributed by atoms with Crippen LogP contribution in [-0.4, -0.2) is 76.2 Å². The molecule has 2 fully saturated rings. The van der Waals surface area contributed by atoms with Crippen molar-refractivity contribution in [1.82, 2.24) is 0 Å². The van der Waals surface area contributed by atoms with E-state index in [9.17, 15) is 19.2 Å². The highest BCUT2D eigenvalue weighted by atomic mass is 16.6. The summed E-state index contributed by atoms with van der Waals surface area (Å²) in [4.78, 5) is 66.3. The zero-order valence-corrected chi connectivity index (χ0v) is 28.7. The van der Waals surface area contributed by atoms with Crippen LogP contribution in [0.5, 0.6) is 0 Å². The number of aliphatic imine (C=N–C) groups is 2. The van der Waals surface area contributed by atoms with E-state index in [1.807, 2.05) is 12.1 Å². The van der Waals surface area contributed by atoms with Gasteiger partial charge in [-0.3, -0.25) is 0 Å². The van der Waals surface area contributed by atoms with Crippen LogP contribution in [0.3, 0.4) is 0 Å². The summed E-state index contributed by atoms with van der Waals surface area (Å²) in [6, 6.07) is 10.4. The quantitative estimate of drug-likeness (QED) is 0.299. The van der Waals surface area contributed by atoms with E-state index in [1.54, 1.807) is 24.3 Å². The van der Waals surface area contributed by atoms with Gasteiger partial charge in [-0.15, -0.1) is 0 Å². The van der Waals surface area contributed by atoms with Gasteiger partial charge < -0.3 is 28.4 Å². The van der Waals surface area contributed by atoms with Crippen LogP contribution in [0.15, 0.2) is 68.7 Å². The van der Waals surface area contributed by atoms with Gasteiger partial charge in [0.15, 0.2) is 0 Å². The summed E-state index contributed by atoms with van der Waals surface area (Å²) in [7, 11) is 4.77. The molecule has 50 heavy (non-hydrogen) atoms. The number of rotatable bonds is 6. The molecule has 0 saturated heterocycles. The molecule has 0 N–H and O–H groups in total. The van der Waals surface area contributed by atoms with E-state index < -0.39 is 35.1 Å². The number of benzene rings is 2. The summed E-state index contributed by atoms with van der Waals surface area (Å²) in [5.74, 6) is -3.93. The SMILES string of the molecule is COC(=O)C1=C(C(=O)OC)[C@@]2(OC1=NC1CCCCC1)c1cccc3cccc(c13)[C@@]21OC(=NC2CCCCC2)C(C(=O)OC)=C1C(=O)OC. The van der Waals surface area contributed by atoms with Crippen LogP contribution in [0, 0.1) is 0 Å². The fourth-order valence-corrected chi connectivity index (χ4v) is 8.45. The van der Waals surface area contributed by atoms with Crippen molar-refractivity contribution in [3.8, 4) is 0 Å². The summed E-state index contributed by atoms with van der Waals surface area (Å²) < 4.78 is 35.4. The largest absolute Gasteiger partial charge is 0.466 e. The third-order valence-corrected chi connectivity index (χ3v) is 10.6. The number of esters is 4. The monoisotopic (exact) mass is 684 g/mol. The molecule has 0 bridgehead atoms. The Bertz CT molecular complexity index is 1780. The highest BCUT2D eigenvalue weighted by Crippen LogP contribution is 2.67. The normalized spacial score (nSPS) is 26.6. The fourth-order valence-electron chi connectivity index (χ4n) is 8.45. The predicted octanol–water partition coefficient (Wildman–Crippen LogP) is 5.05. The van der Waals surface area contributed by atoms with Gasteiger partial charge in [0.2, 0.25) is 23.0 Å². The van der Waals surface area contributed by atoms with Gasteiger partial charge in [0.05, 0.1) is 40.5 Å². The lowest BCUT2D eigenvalue weighted by Crippen LogP contribution is -2.52. The molecule has 2 aromatic carbocycles. The number of carbonyl (C=O) groups excluding carboxylic acids is 4. The van der Waals surface area contributed by atoms with E-state index in [4.69, 9.17) is 38.4 Å². The predicted molar refractivity (Wildman–Crippen MR) is 180 cm³/mol. The van der Waals surface area contributed by atoms with E-state index in [-0.39, 0.29) is 46.2 Å². The molecule has 2 atom stereocenters. The second-order valence-corrected chi connectivity index (χ2v) is 13.2. The fraction of sp³-hybridized carbons (Fsp3) is 0.474. The maximum atomic E-state index is 14.3. The molecule has 2 saturated carbocycles. The maximum Gasteiger partial charge on any atom is 0.344 e. The number of ether oxygens (including phenoxy) is 6. The Morgan fingerprint density at radius 1 is 0.580 bits per heavy atom. The first-order valence-corrected chi connectivity index (χ1v) is 17.2. The number of hydrogen-bond donors (Lipinski definition) is 0. The zero-order chi connectivity index (χ0) is 35.2. The van der Waals surface area contributed by atoms with Crippen molar-refractivity contribution in [1.29, 1.82) is 0 Å². The van der Waals surface area contributed by atoms with Crippen molar-refractivity contribution >= 4 is 46.4 Å². The van der Waals surface area contributed by atoms with Crippen molar-refractivity contribution in [2.45, 2.75) is 87.5 Å². The van der Waals surface area contributed by atoms with Crippen LogP contribution in [0.1, 0.15) is 75.3 Å². The second-order valence-electron chi connectivity index (χ2n) is 13.2. The molecule has 2 heterocycles. The highest BCUT2D eigenvalue weighted by molar-refractivity contribution is 6.28. The molecule has 0 unspecified atom stereocenters. The van der Waals surface area contributed by atoms with E-state index in [0.29, 0.717) is 16.5 Å². The minimum absolute atomic E-state index is 0.140. The molecule has 0 amide bonds. The molecular weight excluding hydrogens is 644 g/mol. The molecular formula is C38H40N2O10. The Kier molecular flexibility index (Phi) is 8.73. The molecule has 12 nitrogen and oxygen atoms in total.